The topological polar surface area (TPSA) is 131 Å². The van der Waals surface area contributed by atoms with E-state index in [0.29, 0.717) is 0 Å². The van der Waals surface area contributed by atoms with Crippen LogP contribution in [-0.4, -0.2) is 65.8 Å². The van der Waals surface area contributed by atoms with Crippen molar-refractivity contribution in [3.8, 4) is 0 Å². The van der Waals surface area contributed by atoms with E-state index in [2.05, 4.69) is 21.0 Å². The monoisotopic (exact) mass is 336 g/mol. The van der Waals surface area contributed by atoms with Crippen LogP contribution in [0.2, 0.25) is 0 Å². The molecule has 4 atom stereocenters. The fourth-order valence-electron chi connectivity index (χ4n) is 2.08. The molecule has 9 heteroatoms. The van der Waals surface area contributed by atoms with E-state index in [-0.39, 0.29) is 10.4 Å². The standard InChI is InChI=1S/C10H14N3O5Se/c1-10(7(16)6(15)5(3-14)18-10)13-2-4(11)8(17)12-9(13)19/h2,5-7,14-16H,3,11H2,1H3/t5-,6-,7-,10-/m1/s1. The number of aliphatic hydroxyl groups is 3. The number of nitrogens with two attached hydrogens (primary N) is 1. The number of aromatic nitrogens is 2. The molecule has 1 fully saturated rings. The Balaban J connectivity index is 2.52. The van der Waals surface area contributed by atoms with Crippen molar-refractivity contribution in [3.63, 3.8) is 0 Å². The Morgan fingerprint density at radius 1 is 1.63 bits per heavy atom. The fourth-order valence-corrected chi connectivity index (χ4v) is 2.75. The second kappa shape index (κ2) is 4.86. The Morgan fingerprint density at radius 3 is 2.79 bits per heavy atom. The van der Waals surface area contributed by atoms with Crippen LogP contribution in [0.15, 0.2) is 11.0 Å². The molecular weight excluding hydrogens is 321 g/mol. The summed E-state index contributed by atoms with van der Waals surface area (Å²) in [6.45, 7) is 1.06. The second-order valence-electron chi connectivity index (χ2n) is 4.48. The second-order valence-corrected chi connectivity index (χ2v) is 5.25. The molecule has 105 valence electrons. The van der Waals surface area contributed by atoms with Crippen LogP contribution in [0.1, 0.15) is 6.92 Å². The molecule has 19 heavy (non-hydrogen) atoms. The Labute approximate surface area is 116 Å². The van der Waals surface area contributed by atoms with Gasteiger partial charge in [-0.25, -0.2) is 0 Å². The molecule has 1 aliphatic heterocycles. The first-order chi connectivity index (χ1) is 8.81. The van der Waals surface area contributed by atoms with Crippen LogP contribution in [0.3, 0.4) is 0 Å². The normalized spacial score (nSPS) is 34.6. The Hall–Kier alpha value is -0.961. The molecule has 0 saturated carbocycles. The molecule has 0 aliphatic carbocycles. The van der Waals surface area contributed by atoms with Gasteiger partial charge in [-0.3, -0.25) is 0 Å². The van der Waals surface area contributed by atoms with Gasteiger partial charge in [-0.05, 0) is 0 Å². The predicted octanol–water partition coefficient (Wildman–Crippen LogP) is -3.60. The van der Waals surface area contributed by atoms with Crippen molar-refractivity contribution < 1.29 is 20.1 Å². The van der Waals surface area contributed by atoms with Crippen molar-refractivity contribution in [2.45, 2.75) is 31.0 Å². The number of rotatable bonds is 2. The van der Waals surface area contributed by atoms with E-state index < -0.39 is 36.2 Å². The van der Waals surface area contributed by atoms with Crippen molar-refractivity contribution in [1.29, 1.82) is 0 Å². The number of hydrogen-bond donors (Lipinski definition) is 4. The zero-order valence-electron chi connectivity index (χ0n) is 10.1. The van der Waals surface area contributed by atoms with Crippen LogP contribution < -0.4 is 16.0 Å². The first-order valence-electron chi connectivity index (χ1n) is 5.52. The average molecular weight is 335 g/mol. The van der Waals surface area contributed by atoms with Gasteiger partial charge in [0.2, 0.25) is 0 Å². The minimum absolute atomic E-state index is 0.113. The minimum atomic E-state index is -1.39. The molecule has 8 nitrogen and oxygen atoms in total. The maximum atomic E-state index is 11.3. The molecule has 5 N–H and O–H groups in total. The van der Waals surface area contributed by atoms with Crippen LogP contribution in [0, 0.1) is 0 Å². The van der Waals surface area contributed by atoms with Crippen LogP contribution in [-0.2, 0) is 10.5 Å². The molecule has 1 saturated heterocycles. The quantitative estimate of drug-likeness (QED) is 0.411. The molecule has 0 amide bonds. The third-order valence-electron chi connectivity index (χ3n) is 3.22. The number of hydrogen-bond acceptors (Lipinski definition) is 7. The average Bonchev–Trinajstić information content (AvgIpc) is 2.59. The van der Waals surface area contributed by atoms with Gasteiger partial charge in [0.05, 0.1) is 0 Å². The molecule has 1 radical (unpaired) electrons. The van der Waals surface area contributed by atoms with Crippen molar-refractivity contribution >= 4 is 26.4 Å². The molecule has 2 heterocycles. The summed E-state index contributed by atoms with van der Waals surface area (Å²) in [5.74, 6) is 0. The van der Waals surface area contributed by atoms with E-state index >= 15 is 0 Å². The molecule has 0 unspecified atom stereocenters. The van der Waals surface area contributed by atoms with Gasteiger partial charge >= 0.3 is 116 Å². The summed E-state index contributed by atoms with van der Waals surface area (Å²) in [4.78, 5) is 15.0. The van der Waals surface area contributed by atoms with Crippen molar-refractivity contribution in [3.05, 3.63) is 16.6 Å². The molecule has 0 bridgehead atoms. The van der Waals surface area contributed by atoms with Crippen LogP contribution in [0.4, 0.5) is 5.69 Å². The third kappa shape index (κ3) is 2.18. The van der Waals surface area contributed by atoms with Gasteiger partial charge in [0.15, 0.2) is 0 Å². The molecule has 0 spiro atoms. The van der Waals surface area contributed by atoms with Gasteiger partial charge < -0.3 is 0 Å². The van der Waals surface area contributed by atoms with Crippen LogP contribution in [0.5, 0.6) is 0 Å². The first kappa shape index (κ1) is 14.4. The van der Waals surface area contributed by atoms with Gasteiger partial charge in [-0.2, -0.15) is 0 Å². The number of nitrogens with zero attached hydrogens (tertiary/aromatic N) is 2. The first-order valence-corrected chi connectivity index (χ1v) is 6.38. The Kier molecular flexibility index (Phi) is 3.69. The molecule has 0 aromatic carbocycles. The van der Waals surface area contributed by atoms with E-state index in [1.54, 1.807) is 0 Å². The van der Waals surface area contributed by atoms with Gasteiger partial charge in [0, 0.05) is 0 Å². The van der Waals surface area contributed by atoms with E-state index in [1.165, 1.54) is 17.7 Å². The maximum absolute atomic E-state index is 11.3. The van der Waals surface area contributed by atoms with Gasteiger partial charge in [0.25, 0.3) is 0 Å². The summed E-state index contributed by atoms with van der Waals surface area (Å²) < 4.78 is 6.97. The van der Waals surface area contributed by atoms with E-state index in [4.69, 9.17) is 15.6 Å². The zero-order valence-corrected chi connectivity index (χ0v) is 11.8. The van der Waals surface area contributed by atoms with Gasteiger partial charge in [0.1, 0.15) is 0 Å². The van der Waals surface area contributed by atoms with E-state index in [1.807, 2.05) is 0 Å². The summed E-state index contributed by atoms with van der Waals surface area (Å²) in [5.41, 5.74) is 3.41. The Morgan fingerprint density at radius 2 is 2.26 bits per heavy atom. The van der Waals surface area contributed by atoms with Gasteiger partial charge in [-0.1, -0.05) is 0 Å². The molecular formula is C10H14N3O5Se. The fraction of sp³-hybridized carbons (Fsp3) is 0.600. The summed E-state index contributed by atoms with van der Waals surface area (Å²) >= 11 is 2.57. The predicted molar refractivity (Wildman–Crippen MR) is 65.9 cm³/mol. The van der Waals surface area contributed by atoms with E-state index in [9.17, 15) is 15.0 Å². The number of anilines is 1. The number of nitrogen functional groups attached to an aromatic ring is 1. The third-order valence-corrected chi connectivity index (χ3v) is 3.82. The van der Waals surface area contributed by atoms with Crippen molar-refractivity contribution in [2.75, 3.05) is 12.3 Å². The molecule has 2 rings (SSSR count). The SMILES string of the molecule is C[C@@]1(n2cc(N)c(=O)nc2[Se])O[C@H](CO)[C@@H](O)[C@H]1O. The summed E-state index contributed by atoms with van der Waals surface area (Å²) in [5, 5.41) is 29.0. The molecule has 1 aromatic rings. The van der Waals surface area contributed by atoms with Crippen molar-refractivity contribution in [1.82, 2.24) is 9.55 Å². The summed E-state index contributed by atoms with van der Waals surface area (Å²) in [7, 11) is 0. The van der Waals surface area contributed by atoms with Crippen molar-refractivity contribution in [2.24, 2.45) is 0 Å². The number of aliphatic hydroxyl groups excluding tert-OH is 3. The van der Waals surface area contributed by atoms with Crippen LogP contribution in [0.25, 0.3) is 0 Å². The van der Waals surface area contributed by atoms with Crippen LogP contribution >= 0.6 is 0 Å². The number of ether oxygens (including phenoxy) is 1. The summed E-state index contributed by atoms with van der Waals surface area (Å²) in [6.07, 6.45) is -2.22. The molecule has 1 aliphatic rings. The Bertz CT molecular complexity index is 550. The van der Waals surface area contributed by atoms with Gasteiger partial charge in [-0.15, -0.1) is 0 Å². The molecule has 1 aromatic heterocycles. The zero-order chi connectivity index (χ0) is 14.4. The summed E-state index contributed by atoms with van der Waals surface area (Å²) in [6, 6.07) is 0. The van der Waals surface area contributed by atoms with E-state index in [0.717, 1.165) is 0 Å².